The Hall–Kier alpha value is -0.890. The lowest BCUT2D eigenvalue weighted by atomic mass is 10.2. The van der Waals surface area contributed by atoms with Crippen LogP contribution in [-0.4, -0.2) is 6.29 Å². The van der Waals surface area contributed by atoms with Crippen LogP contribution in [0.25, 0.3) is 6.08 Å². The van der Waals surface area contributed by atoms with Gasteiger partial charge in [-0.1, -0.05) is 34.1 Å². The van der Waals surface area contributed by atoms with Gasteiger partial charge < -0.3 is 0 Å². The Labute approximate surface area is 73.9 Å². The number of halogens is 1. The van der Waals surface area contributed by atoms with E-state index in [9.17, 15) is 4.79 Å². The highest BCUT2D eigenvalue weighted by Gasteiger charge is 1.86. The molecule has 2 heteroatoms. The van der Waals surface area contributed by atoms with Crippen LogP contribution >= 0.6 is 15.9 Å². The Balaban J connectivity index is 2.87. The highest BCUT2D eigenvalue weighted by molar-refractivity contribution is 9.10. The highest BCUT2D eigenvalue weighted by atomic mass is 79.9. The van der Waals surface area contributed by atoms with Crippen LogP contribution in [0.1, 0.15) is 5.56 Å². The lowest BCUT2D eigenvalue weighted by Crippen LogP contribution is -1.70. The Morgan fingerprint density at radius 1 is 1.45 bits per heavy atom. The molecule has 1 rings (SSSR count). The Morgan fingerprint density at radius 2 is 2.27 bits per heavy atom. The summed E-state index contributed by atoms with van der Waals surface area (Å²) in [6.45, 7) is 0. The summed E-state index contributed by atoms with van der Waals surface area (Å²) in [6.07, 6.45) is 4.74. The van der Waals surface area contributed by atoms with Gasteiger partial charge in [0.15, 0.2) is 0 Å². The molecule has 0 amide bonds. The van der Waals surface area contributed by atoms with Crippen LogP contribution in [0.15, 0.2) is 34.8 Å². The molecule has 0 atom stereocenters. The third kappa shape index (κ3) is 2.68. The van der Waals surface area contributed by atoms with E-state index in [1.165, 1.54) is 6.08 Å². The van der Waals surface area contributed by atoms with E-state index in [0.29, 0.717) is 0 Å². The molecule has 0 fully saturated rings. The largest absolute Gasteiger partial charge is 0.286 e. The quantitative estimate of drug-likeness (QED) is 0.685. The average Bonchev–Trinajstić information content (AvgIpc) is 2.01. The van der Waals surface area contributed by atoms with Crippen molar-refractivity contribution >= 4 is 28.3 Å². The molecule has 0 aliphatic carbocycles. The zero-order chi connectivity index (χ0) is 8.10. The van der Waals surface area contributed by atoms with Gasteiger partial charge in [0.05, 0.1) is 0 Å². The summed E-state index contributed by atoms with van der Waals surface area (Å²) in [5.74, 6) is 0. The van der Waals surface area contributed by atoms with Gasteiger partial charge in [0.25, 0.3) is 0 Å². The molecule has 0 spiro atoms. The van der Waals surface area contributed by atoms with E-state index in [2.05, 4.69) is 15.9 Å². The molecular weight excluding hydrogens is 204 g/mol. The summed E-state index contributed by atoms with van der Waals surface area (Å²) in [6, 6.07) is 7.68. The van der Waals surface area contributed by atoms with E-state index in [0.717, 1.165) is 10.0 Å². The maximum Gasteiger partial charge on any atom is 0.225 e. The van der Waals surface area contributed by atoms with Crippen molar-refractivity contribution in [3.63, 3.8) is 0 Å². The first kappa shape index (κ1) is 8.21. The van der Waals surface area contributed by atoms with Crippen LogP contribution in [0.5, 0.6) is 0 Å². The van der Waals surface area contributed by atoms with Crippen LogP contribution < -0.4 is 0 Å². The van der Waals surface area contributed by atoms with Gasteiger partial charge in [-0.3, -0.25) is 4.79 Å². The smallest absolute Gasteiger partial charge is 0.225 e. The summed E-state index contributed by atoms with van der Waals surface area (Å²) < 4.78 is 1.01. The van der Waals surface area contributed by atoms with Crippen molar-refractivity contribution in [1.82, 2.24) is 0 Å². The maximum atomic E-state index is 9.84. The van der Waals surface area contributed by atoms with E-state index >= 15 is 0 Å². The molecule has 1 radical (unpaired) electrons. The first-order chi connectivity index (χ1) is 5.33. The average molecular weight is 210 g/mol. The van der Waals surface area contributed by atoms with Gasteiger partial charge in [-0.15, -0.1) is 0 Å². The van der Waals surface area contributed by atoms with Crippen molar-refractivity contribution in [2.75, 3.05) is 0 Å². The van der Waals surface area contributed by atoms with Crippen molar-refractivity contribution in [1.29, 1.82) is 0 Å². The fourth-order valence-electron chi connectivity index (χ4n) is 0.741. The van der Waals surface area contributed by atoms with Crippen molar-refractivity contribution < 1.29 is 4.79 Å². The van der Waals surface area contributed by atoms with Crippen LogP contribution in [0.3, 0.4) is 0 Å². The molecule has 0 saturated heterocycles. The summed E-state index contributed by atoms with van der Waals surface area (Å²) in [4.78, 5) is 9.84. The SMILES string of the molecule is O=[C]/C=C/c1cccc(Br)c1. The van der Waals surface area contributed by atoms with Crippen molar-refractivity contribution in [2.45, 2.75) is 0 Å². The van der Waals surface area contributed by atoms with Crippen molar-refractivity contribution in [3.8, 4) is 0 Å². The first-order valence-corrected chi connectivity index (χ1v) is 3.92. The van der Waals surface area contributed by atoms with Crippen LogP contribution in [-0.2, 0) is 4.79 Å². The van der Waals surface area contributed by atoms with Crippen LogP contribution in [0.4, 0.5) is 0 Å². The standard InChI is InChI=1S/C9H6BrO/c10-9-5-1-3-8(7-9)4-2-6-11/h1-5,7H/b4-2+. The molecule has 0 aromatic heterocycles. The monoisotopic (exact) mass is 209 g/mol. The molecule has 0 heterocycles. The van der Waals surface area contributed by atoms with Gasteiger partial charge >= 0.3 is 0 Å². The van der Waals surface area contributed by atoms with Gasteiger partial charge in [0.1, 0.15) is 0 Å². The van der Waals surface area contributed by atoms with Gasteiger partial charge in [-0.25, -0.2) is 0 Å². The lowest BCUT2D eigenvalue weighted by molar-refractivity contribution is 0.564. The van der Waals surface area contributed by atoms with Crippen molar-refractivity contribution in [2.24, 2.45) is 0 Å². The summed E-state index contributed by atoms with van der Waals surface area (Å²) in [7, 11) is 0. The second kappa shape index (κ2) is 4.09. The number of allylic oxidation sites excluding steroid dienone is 1. The van der Waals surface area contributed by atoms with Crippen molar-refractivity contribution in [3.05, 3.63) is 40.4 Å². The highest BCUT2D eigenvalue weighted by Crippen LogP contribution is 2.12. The molecule has 55 valence electrons. The second-order valence-corrected chi connectivity index (χ2v) is 2.92. The third-order valence-electron chi connectivity index (χ3n) is 1.19. The minimum Gasteiger partial charge on any atom is -0.286 e. The third-order valence-corrected chi connectivity index (χ3v) is 1.69. The van der Waals surface area contributed by atoms with E-state index in [1.807, 2.05) is 24.3 Å². The fraction of sp³-hybridized carbons (Fsp3) is 0. The molecule has 11 heavy (non-hydrogen) atoms. The van der Waals surface area contributed by atoms with Gasteiger partial charge in [0, 0.05) is 4.47 Å². The Morgan fingerprint density at radius 3 is 2.91 bits per heavy atom. The Bertz CT molecular complexity index is 279. The summed E-state index contributed by atoms with van der Waals surface area (Å²) in [5.41, 5.74) is 0.989. The van der Waals surface area contributed by atoms with Crippen LogP contribution in [0, 0.1) is 0 Å². The molecular formula is C9H6BrO. The molecule has 0 unspecified atom stereocenters. The number of hydrogen-bond acceptors (Lipinski definition) is 1. The molecule has 0 bridgehead atoms. The molecule has 0 saturated carbocycles. The Kier molecular flexibility index (Phi) is 3.05. The molecule has 1 aromatic carbocycles. The van der Waals surface area contributed by atoms with Gasteiger partial charge in [-0.2, -0.15) is 0 Å². The number of carbonyl (C=O) groups excluding carboxylic acids is 1. The molecule has 1 aromatic rings. The molecule has 0 aliphatic rings. The minimum absolute atomic E-state index is 0.989. The fourth-order valence-corrected chi connectivity index (χ4v) is 1.16. The minimum atomic E-state index is 0.989. The van der Waals surface area contributed by atoms with Gasteiger partial charge in [-0.05, 0) is 23.8 Å². The normalized spacial score (nSPS) is 10.3. The van der Waals surface area contributed by atoms with Gasteiger partial charge in [0.2, 0.25) is 6.29 Å². The number of benzene rings is 1. The maximum absolute atomic E-state index is 9.84. The zero-order valence-corrected chi connectivity index (χ0v) is 7.34. The van der Waals surface area contributed by atoms with E-state index in [1.54, 1.807) is 12.4 Å². The topological polar surface area (TPSA) is 17.1 Å². The summed E-state index contributed by atoms with van der Waals surface area (Å²) >= 11 is 3.32. The number of rotatable bonds is 2. The number of hydrogen-bond donors (Lipinski definition) is 0. The summed E-state index contributed by atoms with van der Waals surface area (Å²) in [5, 5.41) is 0. The predicted molar refractivity (Wildman–Crippen MR) is 48.9 cm³/mol. The molecule has 1 nitrogen and oxygen atoms in total. The van der Waals surface area contributed by atoms with E-state index < -0.39 is 0 Å². The van der Waals surface area contributed by atoms with E-state index in [-0.39, 0.29) is 0 Å². The molecule has 0 N–H and O–H groups in total. The van der Waals surface area contributed by atoms with Crippen LogP contribution in [0.2, 0.25) is 0 Å². The molecule has 0 aliphatic heterocycles. The lowest BCUT2D eigenvalue weighted by Gasteiger charge is -1.91. The van der Waals surface area contributed by atoms with E-state index in [4.69, 9.17) is 0 Å². The second-order valence-electron chi connectivity index (χ2n) is 2.01. The predicted octanol–water partition coefficient (Wildman–Crippen LogP) is 2.57. The zero-order valence-electron chi connectivity index (χ0n) is 5.75. The first-order valence-electron chi connectivity index (χ1n) is 3.13.